The fourth-order valence-electron chi connectivity index (χ4n) is 4.87. The monoisotopic (exact) mass is 401 g/mol. The molecule has 2 saturated heterocycles. The van der Waals surface area contributed by atoms with E-state index < -0.39 is 0 Å². The lowest BCUT2D eigenvalue weighted by atomic mass is 9.73. The Bertz CT molecular complexity index is 966. The van der Waals surface area contributed by atoms with E-state index >= 15 is 0 Å². The van der Waals surface area contributed by atoms with E-state index in [1.165, 1.54) is 5.56 Å². The van der Waals surface area contributed by atoms with E-state index in [4.69, 9.17) is 0 Å². The average molecular weight is 402 g/mol. The molecule has 0 N–H and O–H groups in total. The maximum absolute atomic E-state index is 13.2. The molecule has 2 aromatic rings. The van der Waals surface area contributed by atoms with Crippen molar-refractivity contribution in [1.82, 2.24) is 9.80 Å². The maximum atomic E-state index is 13.2. The lowest BCUT2D eigenvalue weighted by Crippen LogP contribution is -2.55. The van der Waals surface area contributed by atoms with Crippen molar-refractivity contribution in [3.8, 4) is 6.07 Å². The van der Waals surface area contributed by atoms with Crippen LogP contribution in [0.25, 0.3) is 0 Å². The first kappa shape index (κ1) is 20.2. The molecule has 2 aliphatic heterocycles. The van der Waals surface area contributed by atoms with Crippen molar-refractivity contribution in [3.05, 3.63) is 71.3 Å². The molecule has 5 nitrogen and oxygen atoms in total. The van der Waals surface area contributed by atoms with Crippen molar-refractivity contribution < 1.29 is 9.59 Å². The van der Waals surface area contributed by atoms with E-state index in [1.807, 2.05) is 28.0 Å². The zero-order valence-electron chi connectivity index (χ0n) is 17.2. The van der Waals surface area contributed by atoms with Gasteiger partial charge in [-0.3, -0.25) is 9.59 Å². The van der Waals surface area contributed by atoms with E-state index in [2.05, 4.69) is 18.2 Å². The first-order valence-corrected chi connectivity index (χ1v) is 10.7. The molecule has 2 aromatic carbocycles. The molecule has 4 rings (SSSR count). The summed E-state index contributed by atoms with van der Waals surface area (Å²) in [6.07, 6.45) is 4.19. The summed E-state index contributed by atoms with van der Waals surface area (Å²) in [7, 11) is 0. The summed E-state index contributed by atoms with van der Waals surface area (Å²) in [4.78, 5) is 29.6. The van der Waals surface area contributed by atoms with E-state index in [9.17, 15) is 14.9 Å². The van der Waals surface area contributed by atoms with Gasteiger partial charge in [-0.25, -0.2) is 0 Å². The van der Waals surface area contributed by atoms with Crippen molar-refractivity contribution in [2.24, 2.45) is 5.41 Å². The van der Waals surface area contributed by atoms with E-state index in [1.54, 1.807) is 24.3 Å². The van der Waals surface area contributed by atoms with Crippen LogP contribution in [-0.4, -0.2) is 47.8 Å². The summed E-state index contributed by atoms with van der Waals surface area (Å²) in [5, 5.41) is 9.36. The number of amides is 2. The van der Waals surface area contributed by atoms with Gasteiger partial charge in [-0.1, -0.05) is 42.5 Å². The van der Waals surface area contributed by atoms with Crippen molar-refractivity contribution in [1.29, 1.82) is 5.26 Å². The normalized spacial score (nSPS) is 21.5. The molecule has 0 saturated carbocycles. The highest BCUT2D eigenvalue weighted by Gasteiger charge is 2.42. The Balaban J connectivity index is 1.46. The third-order valence-electron chi connectivity index (χ3n) is 6.49. The predicted octanol–water partition coefficient (Wildman–Crippen LogP) is 3.65. The van der Waals surface area contributed by atoms with Crippen LogP contribution in [0.4, 0.5) is 0 Å². The highest BCUT2D eigenvalue weighted by Crippen LogP contribution is 2.39. The Hall–Kier alpha value is -3.13. The van der Waals surface area contributed by atoms with Gasteiger partial charge in [0, 0.05) is 38.0 Å². The molecule has 0 aliphatic carbocycles. The number of benzene rings is 2. The van der Waals surface area contributed by atoms with Crippen LogP contribution >= 0.6 is 0 Å². The molecule has 1 spiro atoms. The molecule has 2 amide bonds. The summed E-state index contributed by atoms with van der Waals surface area (Å²) < 4.78 is 0. The third-order valence-corrected chi connectivity index (χ3v) is 6.49. The Morgan fingerprint density at radius 2 is 1.80 bits per heavy atom. The Morgan fingerprint density at radius 3 is 2.60 bits per heavy atom. The van der Waals surface area contributed by atoms with Gasteiger partial charge in [0.05, 0.1) is 17.2 Å². The van der Waals surface area contributed by atoms with Crippen molar-refractivity contribution in [2.75, 3.05) is 26.2 Å². The second-order valence-corrected chi connectivity index (χ2v) is 8.54. The standard InChI is InChI=1S/C25H27N3O2/c26-17-21-9-4-5-10-22(21)24(30)28-15-6-13-25(19-28)14-11-23(29)27(18-25)16-12-20-7-2-1-3-8-20/h1-5,7-10H,6,11-16,18-19H2/t25-/m1/s1. The number of hydrogen-bond acceptors (Lipinski definition) is 3. The summed E-state index contributed by atoms with van der Waals surface area (Å²) in [6.45, 7) is 2.79. The number of rotatable bonds is 4. The van der Waals surface area contributed by atoms with Crippen LogP contribution in [-0.2, 0) is 11.2 Å². The molecule has 2 fully saturated rings. The topological polar surface area (TPSA) is 64.4 Å². The molecule has 154 valence electrons. The molecular weight excluding hydrogens is 374 g/mol. The minimum atomic E-state index is -0.0704. The molecular formula is C25H27N3O2. The molecule has 0 bridgehead atoms. The summed E-state index contributed by atoms with van der Waals surface area (Å²) in [5.41, 5.74) is 2.09. The molecule has 1 atom stereocenters. The van der Waals surface area contributed by atoms with Crippen molar-refractivity contribution >= 4 is 11.8 Å². The Morgan fingerprint density at radius 1 is 1.03 bits per heavy atom. The van der Waals surface area contributed by atoms with Gasteiger partial charge in [-0.15, -0.1) is 0 Å². The highest BCUT2D eigenvalue weighted by molar-refractivity contribution is 5.96. The van der Waals surface area contributed by atoms with Gasteiger partial charge in [0.25, 0.3) is 5.91 Å². The van der Waals surface area contributed by atoms with Gasteiger partial charge in [0.1, 0.15) is 0 Å². The molecule has 0 unspecified atom stereocenters. The minimum Gasteiger partial charge on any atom is -0.342 e. The van der Waals surface area contributed by atoms with E-state index in [0.717, 1.165) is 32.2 Å². The van der Waals surface area contributed by atoms with Gasteiger partial charge in [0.15, 0.2) is 0 Å². The van der Waals surface area contributed by atoms with Crippen LogP contribution in [0.1, 0.15) is 47.2 Å². The smallest absolute Gasteiger partial charge is 0.255 e. The van der Waals surface area contributed by atoms with Crippen LogP contribution < -0.4 is 0 Å². The fourth-order valence-corrected chi connectivity index (χ4v) is 4.87. The lowest BCUT2D eigenvalue weighted by molar-refractivity contribution is -0.138. The van der Waals surface area contributed by atoms with Gasteiger partial charge < -0.3 is 9.80 Å². The van der Waals surface area contributed by atoms with E-state index in [0.29, 0.717) is 37.2 Å². The summed E-state index contributed by atoms with van der Waals surface area (Å²) >= 11 is 0. The highest BCUT2D eigenvalue weighted by atomic mass is 16.2. The number of likely N-dealkylation sites (tertiary alicyclic amines) is 2. The SMILES string of the molecule is N#Cc1ccccc1C(=O)N1CCC[C@]2(CCC(=O)N(CCc3ccccc3)C2)C1. The summed E-state index contributed by atoms with van der Waals surface area (Å²) in [6, 6.07) is 19.4. The quantitative estimate of drug-likeness (QED) is 0.786. The van der Waals surface area contributed by atoms with Gasteiger partial charge in [0.2, 0.25) is 5.91 Å². The Labute approximate surface area is 177 Å². The number of carbonyl (C=O) groups is 2. The Kier molecular flexibility index (Phi) is 5.85. The van der Waals surface area contributed by atoms with Gasteiger partial charge >= 0.3 is 0 Å². The minimum absolute atomic E-state index is 0.0416. The zero-order valence-corrected chi connectivity index (χ0v) is 17.2. The maximum Gasteiger partial charge on any atom is 0.255 e. The second-order valence-electron chi connectivity index (χ2n) is 8.54. The van der Waals surface area contributed by atoms with Gasteiger partial charge in [-0.2, -0.15) is 5.26 Å². The van der Waals surface area contributed by atoms with Crippen LogP contribution in [0.2, 0.25) is 0 Å². The number of carbonyl (C=O) groups excluding carboxylic acids is 2. The van der Waals surface area contributed by atoms with Crippen molar-refractivity contribution in [3.63, 3.8) is 0 Å². The van der Waals surface area contributed by atoms with E-state index in [-0.39, 0.29) is 17.2 Å². The largest absolute Gasteiger partial charge is 0.342 e. The fraction of sp³-hybridized carbons (Fsp3) is 0.400. The first-order valence-electron chi connectivity index (χ1n) is 10.7. The molecule has 0 radical (unpaired) electrons. The zero-order chi connectivity index (χ0) is 21.0. The van der Waals surface area contributed by atoms with Crippen molar-refractivity contribution in [2.45, 2.75) is 32.1 Å². The first-order chi connectivity index (χ1) is 14.6. The van der Waals surface area contributed by atoms with Crippen LogP contribution in [0.3, 0.4) is 0 Å². The number of nitriles is 1. The average Bonchev–Trinajstić information content (AvgIpc) is 2.80. The van der Waals surface area contributed by atoms with Gasteiger partial charge in [-0.05, 0) is 43.4 Å². The number of hydrogen-bond donors (Lipinski definition) is 0. The number of nitrogens with zero attached hydrogens (tertiary/aromatic N) is 3. The van der Waals surface area contributed by atoms with Crippen LogP contribution in [0, 0.1) is 16.7 Å². The second kappa shape index (κ2) is 8.71. The molecule has 2 heterocycles. The molecule has 5 heteroatoms. The third kappa shape index (κ3) is 4.23. The molecule has 0 aromatic heterocycles. The lowest BCUT2D eigenvalue weighted by Gasteiger charge is -2.48. The molecule has 30 heavy (non-hydrogen) atoms. The predicted molar refractivity (Wildman–Crippen MR) is 115 cm³/mol. The summed E-state index contributed by atoms with van der Waals surface area (Å²) in [5.74, 6) is 0.147. The van der Waals surface area contributed by atoms with Crippen LogP contribution in [0.5, 0.6) is 0 Å². The number of piperidine rings is 2. The molecule has 2 aliphatic rings. The van der Waals surface area contributed by atoms with Crippen LogP contribution in [0.15, 0.2) is 54.6 Å².